The highest BCUT2D eigenvalue weighted by Crippen LogP contribution is 2.47. The van der Waals surface area contributed by atoms with Crippen molar-refractivity contribution in [1.29, 1.82) is 0 Å². The van der Waals surface area contributed by atoms with Gasteiger partial charge < -0.3 is 20.3 Å². The Hall–Kier alpha value is -4.00. The van der Waals surface area contributed by atoms with Crippen molar-refractivity contribution in [3.8, 4) is 0 Å². The summed E-state index contributed by atoms with van der Waals surface area (Å²) in [4.78, 5) is 52.3. The van der Waals surface area contributed by atoms with Gasteiger partial charge in [0.2, 0.25) is 17.4 Å². The standard InChI is InChI=1S/C29H28F4N4O5/c30-18-5-1-15(2-6-18)14-37(24(16-3-4-16)29(31,32)33)23(38)11-20-19-9-10-28(26(40)36-27(41)42-28)21(19)7-8-22(20)35-25(39)17-12-34-13-17/h1-2,5-8,16-17,24,34H,3-4,9-14H2,(H,35,39)(H,36,40,41)/t24-,28-/m1/s1. The highest BCUT2D eigenvalue weighted by Gasteiger charge is 2.56. The maximum Gasteiger partial charge on any atom is 0.415 e. The number of nitrogens with one attached hydrogen (secondary N) is 3. The van der Waals surface area contributed by atoms with Crippen molar-refractivity contribution >= 4 is 29.5 Å². The summed E-state index contributed by atoms with van der Waals surface area (Å²) in [7, 11) is 0. The molecular formula is C29H28F4N4O5. The number of benzene rings is 2. The average molecular weight is 589 g/mol. The first kappa shape index (κ1) is 28.1. The molecule has 9 nitrogen and oxygen atoms in total. The first-order chi connectivity index (χ1) is 20.0. The summed E-state index contributed by atoms with van der Waals surface area (Å²) in [6, 6.07) is 5.91. The fraction of sp³-hybridized carbons (Fsp3) is 0.448. The van der Waals surface area contributed by atoms with Crippen molar-refractivity contribution in [3.05, 3.63) is 64.5 Å². The van der Waals surface area contributed by atoms with E-state index in [-0.39, 0.29) is 35.9 Å². The molecule has 0 radical (unpaired) electrons. The molecule has 2 atom stereocenters. The molecule has 4 amide bonds. The van der Waals surface area contributed by atoms with Gasteiger partial charge in [-0.05, 0) is 60.1 Å². The number of ether oxygens (including phenoxy) is 1. The van der Waals surface area contributed by atoms with Crippen molar-refractivity contribution in [3.63, 3.8) is 0 Å². The van der Waals surface area contributed by atoms with E-state index in [4.69, 9.17) is 4.74 Å². The fourth-order valence-electron chi connectivity index (χ4n) is 6.08. The molecule has 2 aromatic rings. The zero-order valence-corrected chi connectivity index (χ0v) is 22.4. The molecule has 2 aromatic carbocycles. The van der Waals surface area contributed by atoms with Crippen LogP contribution < -0.4 is 16.0 Å². The fourth-order valence-corrected chi connectivity index (χ4v) is 6.08. The van der Waals surface area contributed by atoms with Crippen LogP contribution >= 0.6 is 0 Å². The molecule has 3 N–H and O–H groups in total. The van der Waals surface area contributed by atoms with Crippen LogP contribution in [0, 0.1) is 17.7 Å². The van der Waals surface area contributed by atoms with Gasteiger partial charge in [0.25, 0.3) is 5.91 Å². The smallest absolute Gasteiger partial charge is 0.415 e. The Kier molecular flexibility index (Phi) is 6.95. The zero-order valence-electron chi connectivity index (χ0n) is 22.4. The van der Waals surface area contributed by atoms with E-state index in [1.807, 2.05) is 0 Å². The molecule has 2 aliphatic heterocycles. The van der Waals surface area contributed by atoms with Crippen LogP contribution in [0.15, 0.2) is 36.4 Å². The lowest BCUT2D eigenvalue weighted by Gasteiger charge is -2.34. The summed E-state index contributed by atoms with van der Waals surface area (Å²) in [6.07, 6.45) is -5.22. The molecule has 0 unspecified atom stereocenters. The Morgan fingerprint density at radius 3 is 2.38 bits per heavy atom. The first-order valence-corrected chi connectivity index (χ1v) is 13.8. The van der Waals surface area contributed by atoms with Crippen molar-refractivity contribution in [1.82, 2.24) is 15.5 Å². The number of fused-ring (bicyclic) bond motifs is 2. The molecular weight excluding hydrogens is 560 g/mol. The molecule has 3 fully saturated rings. The van der Waals surface area contributed by atoms with Gasteiger partial charge in [0.05, 0.1) is 12.3 Å². The van der Waals surface area contributed by atoms with E-state index >= 15 is 0 Å². The highest BCUT2D eigenvalue weighted by atomic mass is 19.4. The van der Waals surface area contributed by atoms with E-state index in [0.29, 0.717) is 42.6 Å². The first-order valence-electron chi connectivity index (χ1n) is 13.8. The summed E-state index contributed by atoms with van der Waals surface area (Å²) < 4.78 is 62.1. The van der Waals surface area contributed by atoms with Crippen LogP contribution in [0.5, 0.6) is 0 Å². The van der Waals surface area contributed by atoms with Gasteiger partial charge in [-0.25, -0.2) is 9.18 Å². The number of carbonyl (C=O) groups excluding carboxylic acids is 4. The van der Waals surface area contributed by atoms with Crippen LogP contribution in [-0.4, -0.2) is 54.0 Å². The third-order valence-electron chi connectivity index (χ3n) is 8.51. The predicted molar refractivity (Wildman–Crippen MR) is 139 cm³/mol. The van der Waals surface area contributed by atoms with E-state index < -0.39 is 60.4 Å². The largest absolute Gasteiger partial charge is 0.427 e. The van der Waals surface area contributed by atoms with Crippen molar-refractivity contribution < 1.29 is 41.5 Å². The molecule has 6 rings (SSSR count). The number of nitrogens with zero attached hydrogens (tertiary/aromatic N) is 1. The van der Waals surface area contributed by atoms with E-state index in [9.17, 15) is 36.7 Å². The summed E-state index contributed by atoms with van der Waals surface area (Å²) in [5, 5.41) is 7.94. The number of anilines is 1. The second-order valence-electron chi connectivity index (χ2n) is 11.3. The minimum atomic E-state index is -4.70. The molecule has 1 saturated carbocycles. The molecule has 2 aliphatic carbocycles. The number of rotatable bonds is 8. The van der Waals surface area contributed by atoms with Gasteiger partial charge in [0, 0.05) is 37.3 Å². The Morgan fingerprint density at radius 1 is 1.10 bits per heavy atom. The van der Waals surface area contributed by atoms with Gasteiger partial charge in [-0.15, -0.1) is 0 Å². The predicted octanol–water partition coefficient (Wildman–Crippen LogP) is 3.30. The van der Waals surface area contributed by atoms with E-state index in [1.165, 1.54) is 18.2 Å². The lowest BCUT2D eigenvalue weighted by molar-refractivity contribution is -0.196. The Morgan fingerprint density at radius 2 is 1.81 bits per heavy atom. The van der Waals surface area contributed by atoms with E-state index in [2.05, 4.69) is 16.0 Å². The topological polar surface area (TPSA) is 117 Å². The lowest BCUT2D eigenvalue weighted by Crippen LogP contribution is -2.50. The number of hydrogen-bond donors (Lipinski definition) is 3. The van der Waals surface area contributed by atoms with Crippen LogP contribution in [0.4, 0.5) is 28.0 Å². The summed E-state index contributed by atoms with van der Waals surface area (Å²) in [6.45, 7) is 0.531. The lowest BCUT2D eigenvalue weighted by atomic mass is 9.91. The number of carbonyl (C=O) groups is 4. The van der Waals surface area contributed by atoms with Crippen molar-refractivity contribution in [2.24, 2.45) is 11.8 Å². The SMILES string of the molecule is O=C1NC(=O)[C@]2(CCc3c2ccc(NC(=O)C2CNC2)c3CC(=O)N(Cc2ccc(F)cc2)[C@H](C2CC2)C(F)(F)F)O1. The molecule has 0 aromatic heterocycles. The van der Waals surface area contributed by atoms with Crippen LogP contribution in [-0.2, 0) is 44.1 Å². The zero-order chi connectivity index (χ0) is 29.8. The van der Waals surface area contributed by atoms with E-state index in [0.717, 1.165) is 17.0 Å². The number of halogens is 4. The molecule has 2 saturated heterocycles. The monoisotopic (exact) mass is 588 g/mol. The van der Waals surface area contributed by atoms with Crippen LogP contribution in [0.1, 0.15) is 41.5 Å². The molecule has 13 heteroatoms. The molecule has 42 heavy (non-hydrogen) atoms. The van der Waals surface area contributed by atoms with Crippen molar-refractivity contribution in [2.45, 2.75) is 56.5 Å². The third kappa shape index (κ3) is 5.10. The summed E-state index contributed by atoms with van der Waals surface area (Å²) in [5.41, 5.74) is 0.0357. The molecule has 4 aliphatic rings. The maximum absolute atomic E-state index is 14.4. The third-order valence-corrected chi connectivity index (χ3v) is 8.51. The van der Waals surface area contributed by atoms with E-state index in [1.54, 1.807) is 6.07 Å². The number of hydrogen-bond acceptors (Lipinski definition) is 6. The summed E-state index contributed by atoms with van der Waals surface area (Å²) >= 11 is 0. The van der Waals surface area contributed by atoms with Gasteiger partial charge in [-0.2, -0.15) is 13.2 Å². The number of alkyl halides is 3. The molecule has 2 heterocycles. The quantitative estimate of drug-likeness (QED) is 0.408. The van der Waals surface area contributed by atoms with Gasteiger partial charge in [-0.3, -0.25) is 19.7 Å². The highest BCUT2D eigenvalue weighted by molar-refractivity contribution is 6.04. The van der Waals surface area contributed by atoms with Crippen LogP contribution in [0.3, 0.4) is 0 Å². The van der Waals surface area contributed by atoms with Gasteiger partial charge in [0.15, 0.2) is 0 Å². The number of imide groups is 1. The minimum absolute atomic E-state index is 0.0809. The molecule has 1 spiro atoms. The van der Waals surface area contributed by atoms with Gasteiger partial charge in [-0.1, -0.05) is 18.2 Å². The van der Waals surface area contributed by atoms with Crippen LogP contribution in [0.2, 0.25) is 0 Å². The Labute approximate surface area is 238 Å². The number of alkyl carbamates (subject to hydrolysis) is 1. The second kappa shape index (κ2) is 10.4. The Balaban J connectivity index is 1.39. The van der Waals surface area contributed by atoms with Gasteiger partial charge in [0.1, 0.15) is 11.9 Å². The number of amides is 4. The molecule has 222 valence electrons. The average Bonchev–Trinajstić information content (AvgIpc) is 3.57. The summed E-state index contributed by atoms with van der Waals surface area (Å²) in [5.74, 6) is -3.44. The molecule has 0 bridgehead atoms. The minimum Gasteiger partial charge on any atom is -0.427 e. The second-order valence-corrected chi connectivity index (χ2v) is 11.3. The van der Waals surface area contributed by atoms with Crippen LogP contribution in [0.25, 0.3) is 0 Å². The van der Waals surface area contributed by atoms with Crippen molar-refractivity contribution in [2.75, 3.05) is 18.4 Å². The normalized spacial score (nSPS) is 22.3. The van der Waals surface area contributed by atoms with Gasteiger partial charge >= 0.3 is 12.3 Å². The Bertz CT molecular complexity index is 1460. The maximum atomic E-state index is 14.4.